The lowest BCUT2D eigenvalue weighted by atomic mass is 10.2. The monoisotopic (exact) mass is 163 g/mol. The van der Waals surface area contributed by atoms with E-state index in [1.165, 1.54) is 14.2 Å². The maximum Gasteiger partial charge on any atom is 0.320 e. The summed E-state index contributed by atoms with van der Waals surface area (Å²) in [6.45, 7) is 0. The Morgan fingerprint density at radius 2 is 2.00 bits per heavy atom. The van der Waals surface area contributed by atoms with E-state index in [0.717, 1.165) is 0 Å². The van der Waals surface area contributed by atoms with Gasteiger partial charge in [0, 0.05) is 20.6 Å². The van der Waals surface area contributed by atoms with Crippen LogP contribution < -0.4 is 5.73 Å². The van der Waals surface area contributed by atoms with E-state index in [0.29, 0.717) is 0 Å². The Balaban J connectivity index is 3.71. The van der Waals surface area contributed by atoms with Gasteiger partial charge in [-0.05, 0) is 0 Å². The van der Waals surface area contributed by atoms with Crippen molar-refractivity contribution in [3.05, 3.63) is 0 Å². The van der Waals surface area contributed by atoms with Crippen molar-refractivity contribution in [2.45, 2.75) is 18.8 Å². The van der Waals surface area contributed by atoms with Gasteiger partial charge in [-0.3, -0.25) is 4.79 Å². The summed E-state index contributed by atoms with van der Waals surface area (Å²) in [6.07, 6.45) is -0.386. The van der Waals surface area contributed by atoms with E-state index in [1.807, 2.05) is 0 Å². The fourth-order valence-electron chi connectivity index (χ4n) is 0.597. The Morgan fingerprint density at radius 3 is 2.27 bits per heavy atom. The van der Waals surface area contributed by atoms with E-state index >= 15 is 0 Å². The first-order valence-electron chi connectivity index (χ1n) is 3.15. The van der Waals surface area contributed by atoms with Gasteiger partial charge in [0.15, 0.2) is 6.29 Å². The molecule has 66 valence electrons. The molecule has 0 saturated heterocycles. The predicted molar refractivity (Wildman–Crippen MR) is 38.0 cm³/mol. The molecule has 0 aliphatic heterocycles. The molecule has 0 saturated carbocycles. The molecule has 0 aliphatic rings. The van der Waals surface area contributed by atoms with Crippen molar-refractivity contribution >= 4 is 5.97 Å². The summed E-state index contributed by atoms with van der Waals surface area (Å²) in [7, 11) is 2.87. The minimum atomic E-state index is -1.05. The zero-order valence-electron chi connectivity index (χ0n) is 6.61. The molecule has 11 heavy (non-hydrogen) atoms. The molecule has 5 heteroatoms. The van der Waals surface area contributed by atoms with Crippen molar-refractivity contribution in [2.24, 2.45) is 5.73 Å². The lowest BCUT2D eigenvalue weighted by molar-refractivity contribution is -0.145. The summed E-state index contributed by atoms with van der Waals surface area (Å²) in [5, 5.41) is 8.39. The molecular formula is C6H13NO4. The average molecular weight is 163 g/mol. The molecule has 0 amide bonds. The molecule has 0 radical (unpaired) electrons. The topological polar surface area (TPSA) is 81.8 Å². The Hall–Kier alpha value is -0.650. The van der Waals surface area contributed by atoms with Gasteiger partial charge in [-0.1, -0.05) is 0 Å². The van der Waals surface area contributed by atoms with Crippen LogP contribution in [0, 0.1) is 0 Å². The quantitative estimate of drug-likeness (QED) is 0.529. The van der Waals surface area contributed by atoms with Crippen LogP contribution in [0.1, 0.15) is 6.42 Å². The number of hydrogen-bond donors (Lipinski definition) is 2. The molecular weight excluding hydrogens is 150 g/mol. The summed E-state index contributed by atoms with van der Waals surface area (Å²) >= 11 is 0. The second kappa shape index (κ2) is 5.06. The maximum absolute atomic E-state index is 10.2. The molecule has 0 aromatic heterocycles. The largest absolute Gasteiger partial charge is 0.480 e. The third kappa shape index (κ3) is 3.92. The molecule has 1 atom stereocenters. The molecule has 0 fully saturated rings. The molecule has 0 rings (SSSR count). The van der Waals surface area contributed by atoms with Gasteiger partial charge >= 0.3 is 5.97 Å². The summed E-state index contributed by atoms with van der Waals surface area (Å²) < 4.78 is 9.51. The molecule has 0 bridgehead atoms. The van der Waals surface area contributed by atoms with Crippen molar-refractivity contribution in [3.63, 3.8) is 0 Å². The average Bonchev–Trinajstić information content (AvgIpc) is 1.99. The Labute approximate surface area is 65.1 Å². The molecule has 0 spiro atoms. The minimum Gasteiger partial charge on any atom is -0.480 e. The van der Waals surface area contributed by atoms with Crippen molar-refractivity contribution in [1.82, 2.24) is 0 Å². The second-order valence-electron chi connectivity index (χ2n) is 2.08. The Morgan fingerprint density at radius 1 is 1.55 bits per heavy atom. The van der Waals surface area contributed by atoms with E-state index in [2.05, 4.69) is 0 Å². The van der Waals surface area contributed by atoms with Gasteiger partial charge in [-0.15, -0.1) is 0 Å². The van der Waals surface area contributed by atoms with Crippen LogP contribution in [0.15, 0.2) is 0 Å². The third-order valence-electron chi connectivity index (χ3n) is 1.29. The molecule has 5 nitrogen and oxygen atoms in total. The van der Waals surface area contributed by atoms with Crippen molar-refractivity contribution in [2.75, 3.05) is 14.2 Å². The number of ether oxygens (including phenoxy) is 2. The number of methoxy groups -OCH3 is 2. The van der Waals surface area contributed by atoms with Gasteiger partial charge in [0.1, 0.15) is 6.04 Å². The number of nitrogens with two attached hydrogens (primary N) is 1. The van der Waals surface area contributed by atoms with E-state index in [-0.39, 0.29) is 6.42 Å². The third-order valence-corrected chi connectivity index (χ3v) is 1.29. The van der Waals surface area contributed by atoms with Crippen LogP contribution in [0.3, 0.4) is 0 Å². The smallest absolute Gasteiger partial charge is 0.320 e. The number of hydrogen-bond acceptors (Lipinski definition) is 4. The van der Waals surface area contributed by atoms with Crippen LogP contribution in [-0.4, -0.2) is 37.6 Å². The van der Waals surface area contributed by atoms with Crippen molar-refractivity contribution in [3.8, 4) is 0 Å². The highest BCUT2D eigenvalue weighted by Gasteiger charge is 2.17. The standard InChI is InChI=1S/C6H13NO4/c1-10-5(11-2)3-4(7)6(8)9/h4-5H,3,7H2,1-2H3,(H,8,9)/t4-/m1/s1. The summed E-state index contributed by atoms with van der Waals surface area (Å²) in [4.78, 5) is 10.2. The van der Waals surface area contributed by atoms with Crippen molar-refractivity contribution in [1.29, 1.82) is 0 Å². The fourth-order valence-corrected chi connectivity index (χ4v) is 0.597. The zero-order chi connectivity index (χ0) is 8.85. The number of rotatable bonds is 5. The van der Waals surface area contributed by atoms with Gasteiger partial charge in [0.05, 0.1) is 0 Å². The second-order valence-corrected chi connectivity index (χ2v) is 2.08. The Bertz CT molecular complexity index is 124. The fraction of sp³-hybridized carbons (Fsp3) is 0.833. The maximum atomic E-state index is 10.2. The summed E-state index contributed by atoms with van der Waals surface area (Å²) in [5.41, 5.74) is 5.21. The van der Waals surface area contributed by atoms with E-state index in [1.54, 1.807) is 0 Å². The highest BCUT2D eigenvalue weighted by molar-refractivity contribution is 5.73. The van der Waals surface area contributed by atoms with Crippen LogP contribution >= 0.6 is 0 Å². The van der Waals surface area contributed by atoms with E-state index in [4.69, 9.17) is 20.3 Å². The molecule has 0 unspecified atom stereocenters. The molecule has 0 heterocycles. The SMILES string of the molecule is COC(C[C@@H](N)C(=O)O)OC. The first kappa shape index (κ1) is 10.3. The molecule has 0 aliphatic carbocycles. The number of carbonyl (C=O) groups is 1. The normalized spacial score (nSPS) is 13.5. The first-order chi connectivity index (χ1) is 5.11. The number of aliphatic carboxylic acids is 1. The molecule has 0 aromatic carbocycles. The minimum absolute atomic E-state index is 0.155. The lowest BCUT2D eigenvalue weighted by Gasteiger charge is -2.14. The summed E-state index contributed by atoms with van der Waals surface area (Å²) in [6, 6.07) is -0.931. The zero-order valence-corrected chi connectivity index (χ0v) is 6.61. The van der Waals surface area contributed by atoms with Gasteiger partial charge in [-0.25, -0.2) is 0 Å². The van der Waals surface area contributed by atoms with Gasteiger partial charge in [-0.2, -0.15) is 0 Å². The molecule has 3 N–H and O–H groups in total. The Kier molecular flexibility index (Phi) is 4.76. The van der Waals surface area contributed by atoms with Gasteiger partial charge < -0.3 is 20.3 Å². The predicted octanol–water partition coefficient (Wildman–Crippen LogP) is -0.593. The molecule has 0 aromatic rings. The van der Waals surface area contributed by atoms with Crippen LogP contribution in [0.5, 0.6) is 0 Å². The van der Waals surface area contributed by atoms with Gasteiger partial charge in [0.25, 0.3) is 0 Å². The lowest BCUT2D eigenvalue weighted by Crippen LogP contribution is -2.35. The van der Waals surface area contributed by atoms with Crippen LogP contribution in [-0.2, 0) is 14.3 Å². The van der Waals surface area contributed by atoms with Crippen LogP contribution in [0.4, 0.5) is 0 Å². The number of carboxylic acids is 1. The summed E-state index contributed by atoms with van der Waals surface area (Å²) in [5.74, 6) is -1.05. The van der Waals surface area contributed by atoms with E-state index < -0.39 is 18.3 Å². The number of carboxylic acid groups (broad SMARTS) is 1. The van der Waals surface area contributed by atoms with Crippen molar-refractivity contribution < 1.29 is 19.4 Å². The highest BCUT2D eigenvalue weighted by Crippen LogP contribution is 2.00. The first-order valence-corrected chi connectivity index (χ1v) is 3.15. The van der Waals surface area contributed by atoms with Crippen LogP contribution in [0.25, 0.3) is 0 Å². The highest BCUT2D eigenvalue weighted by atomic mass is 16.7. The van der Waals surface area contributed by atoms with Gasteiger partial charge in [0.2, 0.25) is 0 Å². The van der Waals surface area contributed by atoms with Crippen LogP contribution in [0.2, 0.25) is 0 Å². The van der Waals surface area contributed by atoms with E-state index in [9.17, 15) is 4.79 Å².